The lowest BCUT2D eigenvalue weighted by Crippen LogP contribution is -2.50. The molecule has 2 fully saturated rings. The highest BCUT2D eigenvalue weighted by Crippen LogP contribution is 2.28. The molecule has 2 aliphatic heterocycles. The summed E-state index contributed by atoms with van der Waals surface area (Å²) in [6.07, 6.45) is -0.882. The molecular formula is C17H20N2O6. The number of carbonyl (C=O) groups excluding carboxylic acids is 2. The minimum Gasteiger partial charge on any atom is -0.497 e. The van der Waals surface area contributed by atoms with Crippen LogP contribution >= 0.6 is 0 Å². The molecular weight excluding hydrogens is 328 g/mol. The first-order valence-corrected chi connectivity index (χ1v) is 8.07. The third kappa shape index (κ3) is 3.58. The molecule has 1 aromatic rings. The van der Waals surface area contributed by atoms with Crippen molar-refractivity contribution in [1.82, 2.24) is 4.90 Å². The van der Waals surface area contributed by atoms with Crippen LogP contribution in [0.15, 0.2) is 24.3 Å². The SMILES string of the molecule is COc1ccc(N2CC(C(=O)N3CCOC(C(=O)O)C3)CC2=O)cc1. The van der Waals surface area contributed by atoms with Crippen molar-refractivity contribution in [1.29, 1.82) is 0 Å². The van der Waals surface area contributed by atoms with Crippen molar-refractivity contribution >= 4 is 23.5 Å². The number of methoxy groups -OCH3 is 1. The van der Waals surface area contributed by atoms with E-state index in [-0.39, 0.29) is 31.4 Å². The van der Waals surface area contributed by atoms with E-state index in [0.29, 0.717) is 24.5 Å². The summed E-state index contributed by atoms with van der Waals surface area (Å²) in [5, 5.41) is 9.04. The molecule has 0 saturated carbocycles. The smallest absolute Gasteiger partial charge is 0.334 e. The molecule has 0 radical (unpaired) electrons. The number of carboxylic acid groups (broad SMARTS) is 1. The number of hydrogen-bond acceptors (Lipinski definition) is 5. The predicted octanol–water partition coefficient (Wildman–Crippen LogP) is 0.360. The average molecular weight is 348 g/mol. The molecule has 25 heavy (non-hydrogen) atoms. The van der Waals surface area contributed by atoms with Crippen LogP contribution in [-0.4, -0.2) is 67.2 Å². The lowest BCUT2D eigenvalue weighted by atomic mass is 10.1. The zero-order chi connectivity index (χ0) is 18.0. The number of carbonyl (C=O) groups is 3. The predicted molar refractivity (Wildman–Crippen MR) is 87.4 cm³/mol. The van der Waals surface area contributed by atoms with E-state index in [0.717, 1.165) is 0 Å². The molecule has 1 aromatic carbocycles. The van der Waals surface area contributed by atoms with Crippen LogP contribution in [0.25, 0.3) is 0 Å². The van der Waals surface area contributed by atoms with Crippen LogP contribution in [0.5, 0.6) is 5.75 Å². The number of anilines is 1. The van der Waals surface area contributed by atoms with Crippen LogP contribution in [-0.2, 0) is 19.1 Å². The van der Waals surface area contributed by atoms with Crippen LogP contribution in [0.3, 0.4) is 0 Å². The summed E-state index contributed by atoms with van der Waals surface area (Å²) in [5.41, 5.74) is 0.714. The first kappa shape index (κ1) is 17.2. The number of rotatable bonds is 4. The lowest BCUT2D eigenvalue weighted by Gasteiger charge is -2.32. The number of amides is 2. The van der Waals surface area contributed by atoms with Gasteiger partial charge in [-0.15, -0.1) is 0 Å². The summed E-state index contributed by atoms with van der Waals surface area (Å²) >= 11 is 0. The molecule has 2 atom stereocenters. The van der Waals surface area contributed by atoms with Gasteiger partial charge in [0.2, 0.25) is 11.8 Å². The van der Waals surface area contributed by atoms with Gasteiger partial charge in [-0.2, -0.15) is 0 Å². The molecule has 134 valence electrons. The van der Waals surface area contributed by atoms with Crippen molar-refractivity contribution < 1.29 is 29.0 Å². The fourth-order valence-electron chi connectivity index (χ4n) is 3.14. The van der Waals surface area contributed by atoms with Crippen LogP contribution in [0.2, 0.25) is 0 Å². The number of nitrogens with zero attached hydrogens (tertiary/aromatic N) is 2. The Bertz CT molecular complexity index is 674. The molecule has 2 aliphatic rings. The maximum atomic E-state index is 12.7. The number of benzene rings is 1. The highest BCUT2D eigenvalue weighted by atomic mass is 16.5. The van der Waals surface area contributed by atoms with Gasteiger partial charge in [0.1, 0.15) is 5.75 Å². The van der Waals surface area contributed by atoms with Crippen LogP contribution in [0.4, 0.5) is 5.69 Å². The second-order valence-electron chi connectivity index (χ2n) is 6.09. The second-order valence-corrected chi connectivity index (χ2v) is 6.09. The fraction of sp³-hybridized carbons (Fsp3) is 0.471. The van der Waals surface area contributed by atoms with Gasteiger partial charge in [-0.25, -0.2) is 4.79 Å². The number of ether oxygens (including phenoxy) is 2. The van der Waals surface area contributed by atoms with Crippen LogP contribution in [0, 0.1) is 5.92 Å². The summed E-state index contributed by atoms with van der Waals surface area (Å²) in [5.74, 6) is -1.18. The van der Waals surface area contributed by atoms with Crippen LogP contribution in [0.1, 0.15) is 6.42 Å². The molecule has 2 unspecified atom stereocenters. The molecule has 0 spiro atoms. The minimum atomic E-state index is -1.08. The van der Waals surface area contributed by atoms with E-state index in [9.17, 15) is 14.4 Å². The van der Waals surface area contributed by atoms with E-state index < -0.39 is 18.0 Å². The van der Waals surface area contributed by atoms with E-state index in [4.69, 9.17) is 14.6 Å². The van der Waals surface area contributed by atoms with Gasteiger partial charge in [0.25, 0.3) is 0 Å². The van der Waals surface area contributed by atoms with Crippen molar-refractivity contribution in [2.75, 3.05) is 38.3 Å². The quantitative estimate of drug-likeness (QED) is 0.844. The Balaban J connectivity index is 1.66. The van der Waals surface area contributed by atoms with Gasteiger partial charge in [0, 0.05) is 25.2 Å². The van der Waals surface area contributed by atoms with E-state index in [1.807, 2.05) is 0 Å². The Hall–Kier alpha value is -2.61. The molecule has 2 saturated heterocycles. The van der Waals surface area contributed by atoms with Crippen molar-refractivity contribution in [3.05, 3.63) is 24.3 Å². The molecule has 3 rings (SSSR count). The molecule has 2 heterocycles. The van der Waals surface area contributed by atoms with E-state index in [1.54, 1.807) is 36.3 Å². The van der Waals surface area contributed by atoms with Gasteiger partial charge < -0.3 is 24.4 Å². The molecule has 0 aliphatic carbocycles. The molecule has 1 N–H and O–H groups in total. The molecule has 2 amide bonds. The Kier molecular flexibility index (Phi) is 4.89. The summed E-state index contributed by atoms with van der Waals surface area (Å²) in [6, 6.07) is 7.08. The normalized spacial score (nSPS) is 23.6. The van der Waals surface area contributed by atoms with Gasteiger partial charge in [-0.1, -0.05) is 0 Å². The van der Waals surface area contributed by atoms with Crippen molar-refractivity contribution in [2.24, 2.45) is 5.92 Å². The van der Waals surface area contributed by atoms with Gasteiger partial charge in [-0.3, -0.25) is 9.59 Å². The van der Waals surface area contributed by atoms with Gasteiger partial charge >= 0.3 is 5.97 Å². The Morgan fingerprint density at radius 1 is 1.24 bits per heavy atom. The Labute approximate surface area is 144 Å². The molecule has 8 nitrogen and oxygen atoms in total. The summed E-state index contributed by atoms with van der Waals surface area (Å²) < 4.78 is 10.2. The lowest BCUT2D eigenvalue weighted by molar-refractivity contribution is -0.160. The third-order valence-electron chi connectivity index (χ3n) is 4.51. The minimum absolute atomic E-state index is 0.0153. The second kappa shape index (κ2) is 7.10. The molecule has 8 heteroatoms. The number of morpholine rings is 1. The van der Waals surface area contributed by atoms with E-state index in [2.05, 4.69) is 0 Å². The summed E-state index contributed by atoms with van der Waals surface area (Å²) in [4.78, 5) is 39.1. The molecule has 0 bridgehead atoms. The largest absolute Gasteiger partial charge is 0.497 e. The number of carboxylic acids is 1. The highest BCUT2D eigenvalue weighted by molar-refractivity contribution is 6.00. The Morgan fingerprint density at radius 3 is 2.60 bits per heavy atom. The standard InChI is InChI=1S/C17H20N2O6/c1-24-13-4-2-12(3-5-13)19-9-11(8-15(19)20)16(21)18-6-7-25-14(10-18)17(22)23/h2-5,11,14H,6-10H2,1H3,(H,22,23). The highest BCUT2D eigenvalue weighted by Gasteiger charge is 2.39. The topological polar surface area (TPSA) is 96.4 Å². The van der Waals surface area contributed by atoms with E-state index in [1.165, 1.54) is 4.90 Å². The van der Waals surface area contributed by atoms with Crippen molar-refractivity contribution in [2.45, 2.75) is 12.5 Å². The maximum Gasteiger partial charge on any atom is 0.334 e. The average Bonchev–Trinajstić information content (AvgIpc) is 3.03. The third-order valence-corrected chi connectivity index (χ3v) is 4.51. The molecule has 0 aromatic heterocycles. The zero-order valence-electron chi connectivity index (χ0n) is 13.9. The zero-order valence-corrected chi connectivity index (χ0v) is 13.9. The van der Waals surface area contributed by atoms with Crippen LogP contribution < -0.4 is 9.64 Å². The first-order chi connectivity index (χ1) is 12.0. The Morgan fingerprint density at radius 2 is 1.96 bits per heavy atom. The van der Waals surface area contributed by atoms with Crippen molar-refractivity contribution in [3.8, 4) is 5.75 Å². The van der Waals surface area contributed by atoms with Gasteiger partial charge in [-0.05, 0) is 24.3 Å². The number of aliphatic carboxylic acids is 1. The number of hydrogen-bond donors (Lipinski definition) is 1. The van der Waals surface area contributed by atoms with Gasteiger partial charge in [0.15, 0.2) is 6.10 Å². The van der Waals surface area contributed by atoms with E-state index >= 15 is 0 Å². The maximum absolute atomic E-state index is 12.7. The monoisotopic (exact) mass is 348 g/mol. The van der Waals surface area contributed by atoms with Crippen molar-refractivity contribution in [3.63, 3.8) is 0 Å². The fourth-order valence-corrected chi connectivity index (χ4v) is 3.14. The first-order valence-electron chi connectivity index (χ1n) is 8.07. The summed E-state index contributed by atoms with van der Waals surface area (Å²) in [6.45, 7) is 0.835. The summed E-state index contributed by atoms with van der Waals surface area (Å²) in [7, 11) is 1.57. The van der Waals surface area contributed by atoms with Gasteiger partial charge in [0.05, 0.1) is 26.2 Å².